The average Bonchev–Trinajstić information content (AvgIpc) is 2.85. The van der Waals surface area contributed by atoms with Crippen molar-refractivity contribution in [3.63, 3.8) is 0 Å². The van der Waals surface area contributed by atoms with E-state index in [0.29, 0.717) is 10.5 Å². The minimum atomic E-state index is -4.58. The molecule has 0 aliphatic carbocycles. The number of rotatable bonds is 7. The van der Waals surface area contributed by atoms with Gasteiger partial charge in [-0.15, -0.1) is 0 Å². The molecule has 3 rings (SSSR count). The van der Waals surface area contributed by atoms with Crippen molar-refractivity contribution in [3.05, 3.63) is 77.0 Å². The third-order valence-corrected chi connectivity index (χ3v) is 7.91. The predicted molar refractivity (Wildman–Crippen MR) is 138 cm³/mol. The van der Waals surface area contributed by atoms with E-state index in [1.54, 1.807) is 24.3 Å². The first kappa shape index (κ1) is 28.8. The zero-order valence-corrected chi connectivity index (χ0v) is 22.1. The van der Waals surface area contributed by atoms with Gasteiger partial charge in [-0.1, -0.05) is 44.2 Å². The minimum absolute atomic E-state index is 0.102. The van der Waals surface area contributed by atoms with Crippen LogP contribution in [0.15, 0.2) is 74.6 Å². The van der Waals surface area contributed by atoms with Crippen molar-refractivity contribution in [1.29, 1.82) is 5.26 Å². The Kier molecular flexibility index (Phi) is 8.57. The molecule has 0 saturated carbocycles. The summed E-state index contributed by atoms with van der Waals surface area (Å²) in [6.07, 6.45) is -2.00. The molecular weight excluding hydrogens is 517 g/mol. The second kappa shape index (κ2) is 11.3. The summed E-state index contributed by atoms with van der Waals surface area (Å²) in [6.45, 7) is 5.07. The molecule has 0 radical (unpaired) electrons. The monoisotopic (exact) mass is 544 g/mol. The standard InChI is InChI=1S/C27H27F3N4O3S/c1-16(2)24(18-8-10-21(11-9-18)38(4,37)33-13-12-31)34-26(36)22-15-32-17(3)23(25(22)35)19-6-5-7-20(14-19)27(28,29)30/h5-11,14-16,23-24H,13H2,1-4H3,(H,34,36). The number of hydrogen-bond acceptors (Lipinski definition) is 6. The van der Waals surface area contributed by atoms with E-state index in [2.05, 4.69) is 14.7 Å². The lowest BCUT2D eigenvalue weighted by Crippen LogP contribution is -2.37. The van der Waals surface area contributed by atoms with Crippen LogP contribution in [-0.2, 0) is 25.5 Å². The fraction of sp³-hybridized carbons (Fsp3) is 0.333. The number of aliphatic imine (C=N–C) groups is 1. The van der Waals surface area contributed by atoms with Gasteiger partial charge >= 0.3 is 6.18 Å². The summed E-state index contributed by atoms with van der Waals surface area (Å²) in [5, 5.41) is 11.5. The highest BCUT2D eigenvalue weighted by Crippen LogP contribution is 2.33. The van der Waals surface area contributed by atoms with E-state index in [-0.39, 0.29) is 29.3 Å². The summed E-state index contributed by atoms with van der Waals surface area (Å²) < 4.78 is 56.3. The van der Waals surface area contributed by atoms with Gasteiger partial charge in [0.05, 0.1) is 33.3 Å². The summed E-state index contributed by atoms with van der Waals surface area (Å²) in [7, 11) is -2.76. The lowest BCUT2D eigenvalue weighted by Gasteiger charge is -2.26. The van der Waals surface area contributed by atoms with Crippen molar-refractivity contribution in [2.45, 2.75) is 43.8 Å². The Labute approximate surface area is 219 Å². The van der Waals surface area contributed by atoms with Crippen molar-refractivity contribution < 1.29 is 27.0 Å². The molecule has 1 amide bonds. The van der Waals surface area contributed by atoms with Gasteiger partial charge in [-0.2, -0.15) is 18.4 Å². The zero-order chi connectivity index (χ0) is 28.3. The summed E-state index contributed by atoms with van der Waals surface area (Å²) in [5.74, 6) is -2.57. The Morgan fingerprint density at radius 3 is 2.45 bits per heavy atom. The average molecular weight is 545 g/mol. The molecule has 3 unspecified atom stereocenters. The van der Waals surface area contributed by atoms with E-state index < -0.39 is 45.1 Å². The maximum atomic E-state index is 13.3. The molecule has 2 aromatic carbocycles. The van der Waals surface area contributed by atoms with Crippen LogP contribution in [0, 0.1) is 17.2 Å². The topological polar surface area (TPSA) is 112 Å². The minimum Gasteiger partial charge on any atom is -0.345 e. The van der Waals surface area contributed by atoms with E-state index in [1.807, 2.05) is 19.9 Å². The fourth-order valence-corrected chi connectivity index (χ4v) is 5.21. The molecule has 11 heteroatoms. The third-order valence-electron chi connectivity index (χ3n) is 6.15. The van der Waals surface area contributed by atoms with Gasteiger partial charge in [0, 0.05) is 23.1 Å². The number of nitrogens with zero attached hydrogens (tertiary/aromatic N) is 3. The molecule has 3 atom stereocenters. The van der Waals surface area contributed by atoms with Crippen LogP contribution in [-0.4, -0.2) is 34.4 Å². The summed E-state index contributed by atoms with van der Waals surface area (Å²) in [6, 6.07) is 12.4. The number of carbonyl (C=O) groups excluding carboxylic acids is 2. The molecule has 0 saturated heterocycles. The van der Waals surface area contributed by atoms with Gasteiger partial charge in [0.15, 0.2) is 5.78 Å². The molecule has 0 aromatic heterocycles. The number of nitrogens with one attached hydrogen (secondary N) is 1. The molecule has 0 bridgehead atoms. The lowest BCUT2D eigenvalue weighted by atomic mass is 9.84. The van der Waals surface area contributed by atoms with Crippen LogP contribution in [0.2, 0.25) is 0 Å². The van der Waals surface area contributed by atoms with Crippen LogP contribution in [0.5, 0.6) is 0 Å². The number of nitriles is 1. The number of hydrogen-bond donors (Lipinski definition) is 1. The maximum Gasteiger partial charge on any atom is 0.416 e. The van der Waals surface area contributed by atoms with Crippen molar-refractivity contribution >= 4 is 27.1 Å². The molecule has 38 heavy (non-hydrogen) atoms. The van der Waals surface area contributed by atoms with Gasteiger partial charge in [0.25, 0.3) is 5.91 Å². The van der Waals surface area contributed by atoms with Crippen LogP contribution < -0.4 is 5.32 Å². The van der Waals surface area contributed by atoms with E-state index >= 15 is 0 Å². The number of ketones is 1. The largest absolute Gasteiger partial charge is 0.416 e. The third kappa shape index (κ3) is 6.37. The molecule has 1 aliphatic heterocycles. The van der Waals surface area contributed by atoms with Gasteiger partial charge in [-0.3, -0.25) is 14.6 Å². The van der Waals surface area contributed by atoms with Crippen molar-refractivity contribution in [1.82, 2.24) is 5.32 Å². The first-order valence-corrected chi connectivity index (χ1v) is 13.6. The highest BCUT2D eigenvalue weighted by Gasteiger charge is 2.36. The van der Waals surface area contributed by atoms with Gasteiger partial charge in [0.2, 0.25) is 0 Å². The molecule has 1 aliphatic rings. The Hall–Kier alpha value is -3.78. The van der Waals surface area contributed by atoms with E-state index in [1.165, 1.54) is 25.3 Å². The number of carbonyl (C=O) groups is 2. The van der Waals surface area contributed by atoms with Crippen molar-refractivity contribution in [2.24, 2.45) is 15.3 Å². The maximum absolute atomic E-state index is 13.3. The molecule has 1 N–H and O–H groups in total. The second-order valence-corrected chi connectivity index (χ2v) is 11.6. The number of benzene rings is 2. The highest BCUT2D eigenvalue weighted by atomic mass is 32.2. The van der Waals surface area contributed by atoms with Crippen LogP contribution >= 0.6 is 0 Å². The first-order valence-electron chi connectivity index (χ1n) is 11.7. The quantitative estimate of drug-likeness (QED) is 0.381. The molecule has 1 heterocycles. The summed E-state index contributed by atoms with van der Waals surface area (Å²) in [5.41, 5.74) is -0.0779. The molecule has 200 valence electrons. The number of amides is 1. The Morgan fingerprint density at radius 2 is 1.87 bits per heavy atom. The Bertz CT molecular complexity index is 1460. The van der Waals surface area contributed by atoms with Crippen molar-refractivity contribution in [2.75, 3.05) is 12.8 Å². The normalized spacial score (nSPS) is 18.1. The predicted octanol–water partition coefficient (Wildman–Crippen LogP) is 5.21. The molecule has 2 aromatic rings. The van der Waals surface area contributed by atoms with Gasteiger partial charge in [-0.25, -0.2) is 8.57 Å². The van der Waals surface area contributed by atoms with Crippen LogP contribution in [0.3, 0.4) is 0 Å². The van der Waals surface area contributed by atoms with Gasteiger partial charge in [-0.05, 0) is 42.2 Å². The van der Waals surface area contributed by atoms with E-state index in [9.17, 15) is 27.0 Å². The van der Waals surface area contributed by atoms with E-state index in [4.69, 9.17) is 5.26 Å². The molecule has 7 nitrogen and oxygen atoms in total. The van der Waals surface area contributed by atoms with Crippen LogP contribution in [0.1, 0.15) is 49.4 Å². The van der Waals surface area contributed by atoms with E-state index in [0.717, 1.165) is 18.3 Å². The molecule has 0 fully saturated rings. The highest BCUT2D eigenvalue weighted by molar-refractivity contribution is 7.93. The molecular formula is C27H27F3N4O3S. The Balaban J connectivity index is 1.86. The first-order chi connectivity index (χ1) is 17.8. The number of halogens is 3. The second-order valence-electron chi connectivity index (χ2n) is 9.25. The molecule has 0 spiro atoms. The number of alkyl halides is 3. The fourth-order valence-electron chi connectivity index (χ4n) is 4.12. The lowest BCUT2D eigenvalue weighted by molar-refractivity contribution is -0.137. The van der Waals surface area contributed by atoms with Gasteiger partial charge < -0.3 is 5.32 Å². The van der Waals surface area contributed by atoms with Gasteiger partial charge in [0.1, 0.15) is 12.1 Å². The summed E-state index contributed by atoms with van der Waals surface area (Å²) >= 11 is 0. The van der Waals surface area contributed by atoms with Crippen LogP contribution in [0.25, 0.3) is 0 Å². The Morgan fingerprint density at radius 1 is 1.21 bits per heavy atom. The van der Waals surface area contributed by atoms with Crippen LogP contribution in [0.4, 0.5) is 13.2 Å². The SMILES string of the molecule is CC1=NC=C(C(=O)NC(c2ccc(S(C)(=O)=NCC#N)cc2)C(C)C)C(=O)C1c1cccc(C(F)(F)F)c1. The van der Waals surface area contributed by atoms with Crippen molar-refractivity contribution in [3.8, 4) is 6.07 Å². The zero-order valence-electron chi connectivity index (χ0n) is 21.2. The number of Topliss-reactive ketones (excluding diaryl/α,β-unsaturated/α-hetero) is 1. The summed E-state index contributed by atoms with van der Waals surface area (Å²) in [4.78, 5) is 31.1. The smallest absolute Gasteiger partial charge is 0.345 e.